The molecule has 5 heteroatoms. The summed E-state index contributed by atoms with van der Waals surface area (Å²) in [5, 5.41) is 3.30. The minimum atomic E-state index is -4.24. The van der Waals surface area contributed by atoms with Crippen molar-refractivity contribution in [3.8, 4) is 12.3 Å². The minimum Gasteiger partial charge on any atom is -0.372 e. The van der Waals surface area contributed by atoms with Crippen LogP contribution in [-0.4, -0.2) is 32.0 Å². The molecule has 0 heterocycles. The van der Waals surface area contributed by atoms with Crippen LogP contribution in [0.25, 0.3) is 0 Å². The fourth-order valence-corrected chi connectivity index (χ4v) is 1.56. The Labute approximate surface area is 107 Å². The van der Waals surface area contributed by atoms with Gasteiger partial charge in [-0.15, -0.1) is 12.3 Å². The highest BCUT2D eigenvalue weighted by molar-refractivity contribution is 4.83. The van der Waals surface area contributed by atoms with Crippen molar-refractivity contribution < 1.29 is 17.9 Å². The molecule has 0 amide bonds. The molecule has 0 aromatic heterocycles. The van der Waals surface area contributed by atoms with E-state index < -0.39 is 12.8 Å². The molecular weight excluding hydrogens is 243 g/mol. The first-order valence-electron chi connectivity index (χ1n) is 6.31. The van der Waals surface area contributed by atoms with E-state index in [1.807, 2.05) is 6.92 Å². The molecule has 18 heavy (non-hydrogen) atoms. The van der Waals surface area contributed by atoms with Gasteiger partial charge in [-0.3, -0.25) is 0 Å². The van der Waals surface area contributed by atoms with E-state index in [2.05, 4.69) is 16.0 Å². The summed E-state index contributed by atoms with van der Waals surface area (Å²) in [6.07, 6.45) is 4.97. The Morgan fingerprint density at radius 3 is 2.61 bits per heavy atom. The molecule has 0 aliphatic rings. The average molecular weight is 265 g/mol. The molecule has 0 saturated heterocycles. The van der Waals surface area contributed by atoms with E-state index in [1.54, 1.807) is 0 Å². The number of hydrogen-bond acceptors (Lipinski definition) is 2. The Morgan fingerprint density at radius 2 is 2.06 bits per heavy atom. The lowest BCUT2D eigenvalue weighted by Gasteiger charge is -2.18. The fraction of sp³-hybridized carbons (Fsp3) is 0.846. The summed E-state index contributed by atoms with van der Waals surface area (Å²) in [5.41, 5.74) is 0. The molecule has 1 atom stereocenters. The van der Waals surface area contributed by atoms with Crippen LogP contribution in [0, 0.1) is 12.3 Å². The van der Waals surface area contributed by atoms with E-state index in [1.165, 1.54) is 0 Å². The third-order valence-corrected chi connectivity index (χ3v) is 2.43. The molecule has 2 nitrogen and oxygen atoms in total. The maximum Gasteiger partial charge on any atom is 0.411 e. The lowest BCUT2D eigenvalue weighted by atomic mass is 10.1. The SMILES string of the molecule is C#CCCCC(CCOCC(F)(F)F)NCCC. The number of alkyl halides is 3. The number of hydrogen-bond donors (Lipinski definition) is 1. The van der Waals surface area contributed by atoms with E-state index >= 15 is 0 Å². The number of ether oxygens (including phenoxy) is 1. The Kier molecular flexibility index (Phi) is 9.80. The summed E-state index contributed by atoms with van der Waals surface area (Å²) in [5.74, 6) is 2.56. The van der Waals surface area contributed by atoms with Crippen molar-refractivity contribution in [3.05, 3.63) is 0 Å². The molecular formula is C13H22F3NO. The van der Waals surface area contributed by atoms with Crippen LogP contribution in [0.2, 0.25) is 0 Å². The quantitative estimate of drug-likeness (QED) is 0.484. The topological polar surface area (TPSA) is 21.3 Å². The Balaban J connectivity index is 3.75. The van der Waals surface area contributed by atoms with Gasteiger partial charge in [0, 0.05) is 19.1 Å². The number of unbranched alkanes of at least 4 members (excludes halogenated alkanes) is 1. The Hall–Kier alpha value is -0.730. The van der Waals surface area contributed by atoms with Crippen LogP contribution in [0.3, 0.4) is 0 Å². The number of halogens is 3. The summed E-state index contributed by atoms with van der Waals surface area (Å²) >= 11 is 0. The molecule has 0 aromatic carbocycles. The average Bonchev–Trinajstić information content (AvgIpc) is 2.29. The van der Waals surface area contributed by atoms with Crippen molar-refractivity contribution in [1.29, 1.82) is 0 Å². The third-order valence-electron chi connectivity index (χ3n) is 2.43. The van der Waals surface area contributed by atoms with Crippen molar-refractivity contribution in [3.63, 3.8) is 0 Å². The van der Waals surface area contributed by atoms with E-state index in [0.29, 0.717) is 12.8 Å². The third kappa shape index (κ3) is 11.7. The zero-order chi connectivity index (χ0) is 13.9. The van der Waals surface area contributed by atoms with E-state index in [4.69, 9.17) is 6.42 Å². The van der Waals surface area contributed by atoms with Gasteiger partial charge in [0.2, 0.25) is 0 Å². The molecule has 0 saturated carbocycles. The highest BCUT2D eigenvalue weighted by Gasteiger charge is 2.27. The van der Waals surface area contributed by atoms with Gasteiger partial charge in [0.15, 0.2) is 0 Å². The molecule has 0 fully saturated rings. The van der Waals surface area contributed by atoms with Crippen molar-refractivity contribution >= 4 is 0 Å². The predicted octanol–water partition coefficient (Wildman–Crippen LogP) is 3.13. The molecule has 0 radical (unpaired) electrons. The molecule has 0 aliphatic carbocycles. The molecule has 106 valence electrons. The highest BCUT2D eigenvalue weighted by atomic mass is 19.4. The molecule has 1 unspecified atom stereocenters. The smallest absolute Gasteiger partial charge is 0.372 e. The fourth-order valence-electron chi connectivity index (χ4n) is 1.56. The summed E-state index contributed by atoms with van der Waals surface area (Å²) in [4.78, 5) is 0. The zero-order valence-corrected chi connectivity index (χ0v) is 10.9. The van der Waals surface area contributed by atoms with Gasteiger partial charge in [-0.1, -0.05) is 6.92 Å². The first-order valence-corrected chi connectivity index (χ1v) is 6.31. The number of rotatable bonds is 10. The second-order valence-corrected chi connectivity index (χ2v) is 4.20. The second kappa shape index (κ2) is 10.2. The van der Waals surface area contributed by atoms with Crippen LogP contribution < -0.4 is 5.32 Å². The van der Waals surface area contributed by atoms with E-state index in [-0.39, 0.29) is 12.6 Å². The number of terminal acetylenes is 1. The molecule has 0 rings (SSSR count). The molecule has 0 bridgehead atoms. The van der Waals surface area contributed by atoms with E-state index in [9.17, 15) is 13.2 Å². The van der Waals surface area contributed by atoms with Crippen molar-refractivity contribution in [2.45, 2.75) is 51.2 Å². The minimum absolute atomic E-state index is 0.122. The lowest BCUT2D eigenvalue weighted by molar-refractivity contribution is -0.174. The first kappa shape index (κ1) is 17.3. The summed E-state index contributed by atoms with van der Waals surface area (Å²) in [6, 6.07) is 0.187. The molecule has 0 aliphatic heterocycles. The predicted molar refractivity (Wildman–Crippen MR) is 66.3 cm³/mol. The highest BCUT2D eigenvalue weighted by Crippen LogP contribution is 2.15. The molecule has 0 aromatic rings. The summed E-state index contributed by atoms with van der Waals surface area (Å²) < 4.78 is 40.2. The largest absolute Gasteiger partial charge is 0.411 e. The van der Waals surface area contributed by atoms with Crippen LogP contribution in [-0.2, 0) is 4.74 Å². The summed E-state index contributed by atoms with van der Waals surface area (Å²) in [6.45, 7) is 1.86. The standard InChI is InChI=1S/C13H22F3NO/c1-3-5-6-7-12(17-9-4-2)8-10-18-11-13(14,15)16/h1,12,17H,4-11H2,2H3. The van der Waals surface area contributed by atoms with Crippen molar-refractivity contribution in [2.75, 3.05) is 19.8 Å². The van der Waals surface area contributed by atoms with Crippen LogP contribution in [0.5, 0.6) is 0 Å². The maximum absolute atomic E-state index is 11.9. The van der Waals surface area contributed by atoms with Gasteiger partial charge < -0.3 is 10.1 Å². The monoisotopic (exact) mass is 265 g/mol. The van der Waals surface area contributed by atoms with Crippen molar-refractivity contribution in [2.24, 2.45) is 0 Å². The normalized spacial score (nSPS) is 13.3. The van der Waals surface area contributed by atoms with Crippen LogP contribution in [0.1, 0.15) is 39.0 Å². The van der Waals surface area contributed by atoms with Gasteiger partial charge in [-0.05, 0) is 32.2 Å². The van der Waals surface area contributed by atoms with Crippen LogP contribution in [0.15, 0.2) is 0 Å². The first-order chi connectivity index (χ1) is 8.49. The van der Waals surface area contributed by atoms with Gasteiger partial charge in [0.25, 0.3) is 0 Å². The van der Waals surface area contributed by atoms with E-state index in [0.717, 1.165) is 25.8 Å². The number of nitrogens with one attached hydrogen (secondary N) is 1. The maximum atomic E-state index is 11.9. The van der Waals surface area contributed by atoms with Gasteiger partial charge in [0.05, 0.1) is 0 Å². The molecule has 0 spiro atoms. The Bertz CT molecular complexity index is 235. The summed E-state index contributed by atoms with van der Waals surface area (Å²) in [7, 11) is 0. The zero-order valence-electron chi connectivity index (χ0n) is 10.9. The molecule has 1 N–H and O–H groups in total. The lowest BCUT2D eigenvalue weighted by Crippen LogP contribution is -2.31. The van der Waals surface area contributed by atoms with Crippen LogP contribution in [0.4, 0.5) is 13.2 Å². The van der Waals surface area contributed by atoms with Crippen molar-refractivity contribution in [1.82, 2.24) is 5.32 Å². The van der Waals surface area contributed by atoms with Gasteiger partial charge in [0.1, 0.15) is 6.61 Å². The second-order valence-electron chi connectivity index (χ2n) is 4.20. The van der Waals surface area contributed by atoms with Gasteiger partial charge in [-0.25, -0.2) is 0 Å². The Morgan fingerprint density at radius 1 is 1.33 bits per heavy atom. The van der Waals surface area contributed by atoms with Gasteiger partial charge >= 0.3 is 6.18 Å². The van der Waals surface area contributed by atoms with Crippen LogP contribution >= 0.6 is 0 Å². The van der Waals surface area contributed by atoms with Gasteiger partial charge in [-0.2, -0.15) is 13.2 Å².